The molecule has 4 atom stereocenters. The summed E-state index contributed by atoms with van der Waals surface area (Å²) in [5.74, 6) is -0.0736. The van der Waals surface area contributed by atoms with E-state index in [1.165, 1.54) is 14.2 Å². The van der Waals surface area contributed by atoms with Crippen molar-refractivity contribution in [1.82, 2.24) is 40.7 Å². The number of ether oxygens (including phenoxy) is 2. The first kappa shape index (κ1) is 42.2. The molecule has 2 aliphatic rings. The van der Waals surface area contributed by atoms with E-state index in [1.54, 1.807) is 52.4 Å². The summed E-state index contributed by atoms with van der Waals surface area (Å²) in [5.41, 5.74) is 5.89. The minimum Gasteiger partial charge on any atom is -0.453 e. The van der Waals surface area contributed by atoms with Crippen LogP contribution in [-0.2, 0) is 19.1 Å². The molecule has 2 aromatic heterocycles. The lowest BCUT2D eigenvalue weighted by molar-refractivity contribution is -0.135. The zero-order valence-electron chi connectivity index (χ0n) is 35.0. The average molecular weight is 849 g/mol. The molecule has 322 valence electrons. The molecule has 0 bridgehead atoms. The summed E-state index contributed by atoms with van der Waals surface area (Å²) >= 11 is 0. The molecule has 6 aromatic rings. The van der Waals surface area contributed by atoms with Crippen molar-refractivity contribution in [2.75, 3.05) is 33.9 Å². The fourth-order valence-electron chi connectivity index (χ4n) is 8.42. The lowest BCUT2D eigenvalue weighted by atomic mass is 10.0. The summed E-state index contributed by atoms with van der Waals surface area (Å²) in [5, 5.41) is 9.29. The molecule has 8 rings (SSSR count). The summed E-state index contributed by atoms with van der Waals surface area (Å²) in [6.45, 7) is 1.32. The van der Waals surface area contributed by atoms with E-state index in [-0.39, 0.29) is 36.3 Å². The van der Waals surface area contributed by atoms with Crippen molar-refractivity contribution in [3.8, 4) is 22.5 Å². The van der Waals surface area contributed by atoms with Gasteiger partial charge in [0.05, 0.1) is 43.4 Å². The standard InChI is InChI=1S/C48H48N8O7/c1-62-47(60)53-41(31-11-5-3-6-12-31)45(58)55-25-9-15-36(55)28-50-44(57)33-19-17-30(18-20-33)37-23-21-34-27-35(22-24-38(34)51-37)39-29-49-43(52-39)40-16-10-26-56(40)46(59)42(54-48(61)63-2)32-13-7-4-8-14-32/h3-8,11-14,17-24,27,29,36,40-42H,9-10,15-16,25-26,28H2,1-2H3,(H,49,52)(H,50,57)(H,53,60)(H,54,61). The molecule has 4 unspecified atom stereocenters. The van der Waals surface area contributed by atoms with Gasteiger partial charge in [-0.3, -0.25) is 14.4 Å². The smallest absolute Gasteiger partial charge is 0.407 e. The van der Waals surface area contributed by atoms with Crippen LogP contribution in [-0.4, -0.2) is 94.6 Å². The van der Waals surface area contributed by atoms with Crippen LogP contribution < -0.4 is 16.0 Å². The van der Waals surface area contributed by atoms with E-state index < -0.39 is 24.3 Å². The number of hydrogen-bond acceptors (Lipinski definition) is 9. The third kappa shape index (κ3) is 9.37. The Morgan fingerprint density at radius 3 is 1.97 bits per heavy atom. The van der Waals surface area contributed by atoms with Crippen molar-refractivity contribution in [1.29, 1.82) is 0 Å². The lowest BCUT2D eigenvalue weighted by Crippen LogP contribution is -2.48. The van der Waals surface area contributed by atoms with Gasteiger partial charge < -0.3 is 40.2 Å². The number of aromatic amines is 1. The molecular weight excluding hydrogens is 801 g/mol. The van der Waals surface area contributed by atoms with Crippen LogP contribution in [0.4, 0.5) is 9.59 Å². The number of likely N-dealkylation sites (tertiary alicyclic amines) is 2. The number of nitrogens with zero attached hydrogens (tertiary/aromatic N) is 4. The second kappa shape index (κ2) is 19.0. The van der Waals surface area contributed by atoms with Gasteiger partial charge in [0.1, 0.15) is 17.9 Å². The van der Waals surface area contributed by atoms with Crippen molar-refractivity contribution in [2.45, 2.75) is 49.9 Å². The third-order valence-electron chi connectivity index (χ3n) is 11.7. The van der Waals surface area contributed by atoms with Gasteiger partial charge in [0.2, 0.25) is 5.91 Å². The maximum absolute atomic E-state index is 13.9. The highest BCUT2D eigenvalue weighted by molar-refractivity contribution is 5.95. The van der Waals surface area contributed by atoms with Gasteiger partial charge in [0.25, 0.3) is 11.8 Å². The maximum atomic E-state index is 13.9. The molecule has 4 heterocycles. The number of imidazole rings is 1. The van der Waals surface area contributed by atoms with Crippen molar-refractivity contribution in [3.05, 3.63) is 144 Å². The molecule has 0 aliphatic carbocycles. The summed E-state index contributed by atoms with van der Waals surface area (Å²) in [7, 11) is 2.53. The topological polar surface area (TPSA) is 188 Å². The number of methoxy groups -OCH3 is 2. The van der Waals surface area contributed by atoms with Gasteiger partial charge in [0.15, 0.2) is 0 Å². The molecule has 63 heavy (non-hydrogen) atoms. The van der Waals surface area contributed by atoms with E-state index in [0.29, 0.717) is 35.6 Å². The second-order valence-corrected chi connectivity index (χ2v) is 15.6. The average Bonchev–Trinajstić information content (AvgIpc) is 4.14. The van der Waals surface area contributed by atoms with Crippen LogP contribution in [0.15, 0.2) is 121 Å². The maximum Gasteiger partial charge on any atom is 0.407 e. The van der Waals surface area contributed by atoms with Crippen molar-refractivity contribution >= 4 is 40.8 Å². The minimum atomic E-state index is -0.911. The Hall–Kier alpha value is -7.55. The largest absolute Gasteiger partial charge is 0.453 e. The second-order valence-electron chi connectivity index (χ2n) is 15.6. The first-order chi connectivity index (χ1) is 30.7. The minimum absolute atomic E-state index is 0.228. The van der Waals surface area contributed by atoms with Crippen molar-refractivity contribution < 1.29 is 33.4 Å². The predicted molar refractivity (Wildman–Crippen MR) is 235 cm³/mol. The monoisotopic (exact) mass is 848 g/mol. The molecule has 2 fully saturated rings. The van der Waals surface area contributed by atoms with Gasteiger partial charge in [-0.2, -0.15) is 0 Å². The third-order valence-corrected chi connectivity index (χ3v) is 11.7. The number of hydrogen-bond donors (Lipinski definition) is 4. The van der Waals surface area contributed by atoms with Crippen LogP contribution in [0.3, 0.4) is 0 Å². The Labute approximate surface area is 364 Å². The number of aromatic nitrogens is 3. The quantitative estimate of drug-likeness (QED) is 0.102. The zero-order valence-corrected chi connectivity index (χ0v) is 35.0. The Bertz CT molecular complexity index is 2600. The van der Waals surface area contributed by atoms with Crippen molar-refractivity contribution in [2.24, 2.45) is 0 Å². The number of nitrogens with one attached hydrogen (secondary N) is 4. The van der Waals surface area contributed by atoms with Gasteiger partial charge in [-0.05, 0) is 67.1 Å². The van der Waals surface area contributed by atoms with Gasteiger partial charge >= 0.3 is 12.2 Å². The molecule has 15 heteroatoms. The fourth-order valence-corrected chi connectivity index (χ4v) is 8.42. The normalized spacial score (nSPS) is 16.9. The Morgan fingerprint density at radius 1 is 0.714 bits per heavy atom. The Kier molecular flexibility index (Phi) is 12.7. The van der Waals surface area contributed by atoms with Crippen molar-refractivity contribution in [3.63, 3.8) is 0 Å². The number of H-pyrrole nitrogens is 1. The van der Waals surface area contributed by atoms with Crippen LogP contribution in [0.25, 0.3) is 33.4 Å². The fraction of sp³-hybridized carbons (Fsp3) is 0.271. The number of pyridine rings is 1. The number of amides is 5. The summed E-state index contributed by atoms with van der Waals surface area (Å²) in [6, 6.07) is 33.0. The van der Waals surface area contributed by atoms with Crippen LogP contribution in [0, 0.1) is 0 Å². The Morgan fingerprint density at radius 2 is 1.32 bits per heavy atom. The zero-order chi connectivity index (χ0) is 43.9. The summed E-state index contributed by atoms with van der Waals surface area (Å²) in [6.07, 6.45) is 3.41. The summed E-state index contributed by atoms with van der Waals surface area (Å²) in [4.78, 5) is 81.9. The molecular formula is C48H48N8O7. The molecule has 2 aliphatic heterocycles. The summed E-state index contributed by atoms with van der Waals surface area (Å²) < 4.78 is 9.61. The number of fused-ring (bicyclic) bond motifs is 1. The van der Waals surface area contributed by atoms with E-state index in [4.69, 9.17) is 19.4 Å². The number of alkyl carbamates (subject to hydrolysis) is 2. The van der Waals surface area contributed by atoms with E-state index >= 15 is 0 Å². The number of carbonyl (C=O) groups is 5. The van der Waals surface area contributed by atoms with E-state index in [1.807, 2.05) is 78.9 Å². The molecule has 2 saturated heterocycles. The SMILES string of the molecule is COC(=O)NC(C(=O)N1CCCC1CNC(=O)c1ccc(-c2ccc3cc(-c4cnc(C5CCCN5C(=O)C(NC(=O)OC)c5ccccc5)[nH]4)ccc3n2)cc1)c1ccccc1. The van der Waals surface area contributed by atoms with Crippen LogP contribution in [0.2, 0.25) is 0 Å². The van der Waals surface area contributed by atoms with E-state index in [9.17, 15) is 24.0 Å². The van der Waals surface area contributed by atoms with Gasteiger partial charge in [-0.25, -0.2) is 19.6 Å². The molecule has 4 aromatic carbocycles. The van der Waals surface area contributed by atoms with Crippen LogP contribution in [0.5, 0.6) is 0 Å². The van der Waals surface area contributed by atoms with Crippen LogP contribution >= 0.6 is 0 Å². The Balaban J connectivity index is 0.901. The first-order valence-corrected chi connectivity index (χ1v) is 20.9. The highest BCUT2D eigenvalue weighted by Gasteiger charge is 2.38. The van der Waals surface area contributed by atoms with Gasteiger partial charge in [-0.15, -0.1) is 0 Å². The molecule has 0 saturated carbocycles. The number of rotatable bonds is 12. The van der Waals surface area contributed by atoms with Gasteiger partial charge in [-0.1, -0.05) is 84.9 Å². The number of carbonyl (C=O) groups excluding carboxylic acids is 5. The van der Waals surface area contributed by atoms with Gasteiger partial charge in [0, 0.05) is 47.8 Å². The van der Waals surface area contributed by atoms with E-state index in [0.717, 1.165) is 59.1 Å². The van der Waals surface area contributed by atoms with Crippen LogP contribution in [0.1, 0.15) is 71.1 Å². The highest BCUT2D eigenvalue weighted by Crippen LogP contribution is 2.35. The number of benzene rings is 4. The molecule has 15 nitrogen and oxygen atoms in total. The molecule has 0 spiro atoms. The first-order valence-electron chi connectivity index (χ1n) is 20.9. The predicted octanol–water partition coefficient (Wildman–Crippen LogP) is 6.87. The highest BCUT2D eigenvalue weighted by atomic mass is 16.5. The van der Waals surface area contributed by atoms with E-state index in [2.05, 4.69) is 20.9 Å². The lowest BCUT2D eigenvalue weighted by Gasteiger charge is -2.29. The molecule has 0 radical (unpaired) electrons. The molecule has 5 amide bonds. The molecule has 4 N–H and O–H groups in total.